The SMILES string of the molecule is CO[C@@H]1CCC[C@H]1OC(=O)c1cccc(Nc2ccc(C)nn2)c1. The average molecular weight is 327 g/mol. The number of nitrogens with one attached hydrogen (secondary N) is 1. The maximum Gasteiger partial charge on any atom is 0.338 e. The highest BCUT2D eigenvalue weighted by atomic mass is 16.6. The molecule has 1 aromatic heterocycles. The number of aromatic nitrogens is 2. The molecule has 2 atom stereocenters. The lowest BCUT2D eigenvalue weighted by atomic mass is 10.2. The Morgan fingerprint density at radius 1 is 1.17 bits per heavy atom. The summed E-state index contributed by atoms with van der Waals surface area (Å²) < 4.78 is 11.0. The zero-order chi connectivity index (χ0) is 16.9. The number of benzene rings is 1. The molecule has 1 fully saturated rings. The molecule has 3 rings (SSSR count). The fourth-order valence-corrected chi connectivity index (χ4v) is 2.84. The number of hydrogen-bond donors (Lipinski definition) is 1. The van der Waals surface area contributed by atoms with Crippen molar-refractivity contribution < 1.29 is 14.3 Å². The van der Waals surface area contributed by atoms with Gasteiger partial charge in [-0.1, -0.05) is 6.07 Å². The van der Waals surface area contributed by atoms with Crippen molar-refractivity contribution in [1.82, 2.24) is 10.2 Å². The Bertz CT molecular complexity index is 703. The first-order chi connectivity index (χ1) is 11.7. The summed E-state index contributed by atoms with van der Waals surface area (Å²) >= 11 is 0. The predicted octanol–water partition coefficient (Wildman–Crippen LogP) is 3.25. The normalized spacial score (nSPS) is 19.9. The lowest BCUT2D eigenvalue weighted by molar-refractivity contribution is -0.0206. The number of nitrogens with zero attached hydrogens (tertiary/aromatic N) is 2. The molecule has 2 aromatic rings. The van der Waals surface area contributed by atoms with Crippen molar-refractivity contribution in [3.63, 3.8) is 0 Å². The second-order valence-corrected chi connectivity index (χ2v) is 5.91. The Hall–Kier alpha value is -2.47. The molecule has 1 saturated carbocycles. The topological polar surface area (TPSA) is 73.3 Å². The number of rotatable bonds is 5. The van der Waals surface area contributed by atoms with Crippen LogP contribution in [-0.4, -0.2) is 35.5 Å². The Kier molecular flexibility index (Phi) is 5.05. The Balaban J connectivity index is 1.68. The van der Waals surface area contributed by atoms with E-state index < -0.39 is 0 Å². The van der Waals surface area contributed by atoms with Gasteiger partial charge in [-0.05, 0) is 56.5 Å². The van der Waals surface area contributed by atoms with Gasteiger partial charge in [0.1, 0.15) is 6.10 Å². The first kappa shape index (κ1) is 16.4. The van der Waals surface area contributed by atoms with E-state index in [9.17, 15) is 4.79 Å². The summed E-state index contributed by atoms with van der Waals surface area (Å²) in [5.41, 5.74) is 2.11. The maximum absolute atomic E-state index is 12.4. The Labute approximate surface area is 141 Å². The smallest absolute Gasteiger partial charge is 0.338 e. The maximum atomic E-state index is 12.4. The van der Waals surface area contributed by atoms with Crippen LogP contribution >= 0.6 is 0 Å². The van der Waals surface area contributed by atoms with Gasteiger partial charge in [-0.15, -0.1) is 5.10 Å². The lowest BCUT2D eigenvalue weighted by Crippen LogP contribution is -2.27. The monoisotopic (exact) mass is 327 g/mol. The van der Waals surface area contributed by atoms with Gasteiger partial charge in [-0.3, -0.25) is 0 Å². The third-order valence-corrected chi connectivity index (χ3v) is 4.12. The summed E-state index contributed by atoms with van der Waals surface area (Å²) in [6.07, 6.45) is 2.63. The number of esters is 1. The number of carbonyl (C=O) groups excluding carboxylic acids is 1. The van der Waals surface area contributed by atoms with Crippen LogP contribution in [0.5, 0.6) is 0 Å². The third kappa shape index (κ3) is 3.89. The van der Waals surface area contributed by atoms with E-state index in [4.69, 9.17) is 9.47 Å². The van der Waals surface area contributed by atoms with Gasteiger partial charge in [-0.25, -0.2) is 4.79 Å². The number of ether oxygens (including phenoxy) is 2. The van der Waals surface area contributed by atoms with E-state index in [1.165, 1.54) is 0 Å². The van der Waals surface area contributed by atoms with Crippen molar-refractivity contribution >= 4 is 17.5 Å². The highest BCUT2D eigenvalue weighted by Crippen LogP contribution is 2.26. The van der Waals surface area contributed by atoms with Crippen molar-refractivity contribution in [1.29, 1.82) is 0 Å². The summed E-state index contributed by atoms with van der Waals surface area (Å²) in [4.78, 5) is 12.4. The van der Waals surface area contributed by atoms with Crippen LogP contribution in [0.3, 0.4) is 0 Å². The standard InChI is InChI=1S/C18H21N3O3/c1-12-9-10-17(21-20-12)19-14-6-3-5-13(11-14)18(22)24-16-8-4-7-15(16)23-2/h3,5-6,9-11,15-16H,4,7-8H2,1-2H3,(H,19,21)/t15-,16-/m1/s1. The first-order valence-corrected chi connectivity index (χ1v) is 8.07. The van der Waals surface area contributed by atoms with Crippen molar-refractivity contribution in [2.75, 3.05) is 12.4 Å². The van der Waals surface area contributed by atoms with Crippen molar-refractivity contribution in [2.24, 2.45) is 0 Å². The Morgan fingerprint density at radius 2 is 2.00 bits per heavy atom. The van der Waals surface area contributed by atoms with Crippen LogP contribution in [0.1, 0.15) is 35.3 Å². The van der Waals surface area contributed by atoms with Crippen LogP contribution in [0.15, 0.2) is 36.4 Å². The Morgan fingerprint density at radius 3 is 2.75 bits per heavy atom. The van der Waals surface area contributed by atoms with E-state index in [2.05, 4.69) is 15.5 Å². The van der Waals surface area contributed by atoms with Gasteiger partial charge in [0, 0.05) is 12.8 Å². The number of methoxy groups -OCH3 is 1. The van der Waals surface area contributed by atoms with Gasteiger partial charge in [0.15, 0.2) is 5.82 Å². The fraction of sp³-hybridized carbons (Fsp3) is 0.389. The van der Waals surface area contributed by atoms with E-state index in [0.29, 0.717) is 11.4 Å². The van der Waals surface area contributed by atoms with Crippen molar-refractivity contribution in [3.05, 3.63) is 47.7 Å². The van der Waals surface area contributed by atoms with Crippen LogP contribution in [0, 0.1) is 6.92 Å². The molecule has 6 heteroatoms. The van der Waals surface area contributed by atoms with Crippen molar-refractivity contribution in [2.45, 2.75) is 38.4 Å². The van der Waals surface area contributed by atoms with Crippen LogP contribution in [0.2, 0.25) is 0 Å². The molecule has 1 aliphatic carbocycles. The molecule has 0 saturated heterocycles. The van der Waals surface area contributed by atoms with Crippen LogP contribution in [0.25, 0.3) is 0 Å². The summed E-state index contributed by atoms with van der Waals surface area (Å²) in [6.45, 7) is 1.88. The lowest BCUT2D eigenvalue weighted by Gasteiger charge is -2.18. The molecule has 0 radical (unpaired) electrons. The molecule has 1 aromatic carbocycles. The van der Waals surface area contributed by atoms with Gasteiger partial charge in [-0.2, -0.15) is 5.10 Å². The van der Waals surface area contributed by atoms with E-state index in [0.717, 1.165) is 30.6 Å². The molecule has 0 aliphatic heterocycles. The van der Waals surface area contributed by atoms with Crippen LogP contribution in [-0.2, 0) is 9.47 Å². The molecule has 0 amide bonds. The molecule has 1 heterocycles. The van der Waals surface area contributed by atoms with E-state index in [1.54, 1.807) is 19.2 Å². The van der Waals surface area contributed by atoms with Gasteiger partial charge >= 0.3 is 5.97 Å². The third-order valence-electron chi connectivity index (χ3n) is 4.12. The molecular weight excluding hydrogens is 306 g/mol. The molecule has 0 spiro atoms. The second-order valence-electron chi connectivity index (χ2n) is 5.91. The van der Waals surface area contributed by atoms with Crippen LogP contribution < -0.4 is 5.32 Å². The van der Waals surface area contributed by atoms with Gasteiger partial charge < -0.3 is 14.8 Å². The quantitative estimate of drug-likeness (QED) is 0.850. The highest BCUT2D eigenvalue weighted by Gasteiger charge is 2.30. The van der Waals surface area contributed by atoms with Gasteiger partial charge in [0.25, 0.3) is 0 Å². The number of hydrogen-bond acceptors (Lipinski definition) is 6. The molecule has 1 aliphatic rings. The predicted molar refractivity (Wildman–Crippen MR) is 90.3 cm³/mol. The molecule has 126 valence electrons. The minimum absolute atomic E-state index is 0.00177. The zero-order valence-corrected chi connectivity index (χ0v) is 13.9. The summed E-state index contributed by atoms with van der Waals surface area (Å²) in [5.74, 6) is 0.295. The molecule has 1 N–H and O–H groups in total. The number of aryl methyl sites for hydroxylation is 1. The molecule has 0 unspecified atom stereocenters. The summed E-state index contributed by atoms with van der Waals surface area (Å²) in [5, 5.41) is 11.2. The minimum Gasteiger partial charge on any atom is -0.456 e. The average Bonchev–Trinajstić information content (AvgIpc) is 3.04. The van der Waals surface area contributed by atoms with E-state index in [1.807, 2.05) is 31.2 Å². The molecule has 6 nitrogen and oxygen atoms in total. The fourth-order valence-electron chi connectivity index (χ4n) is 2.84. The molecule has 0 bridgehead atoms. The summed E-state index contributed by atoms with van der Waals surface area (Å²) in [7, 11) is 1.66. The number of carbonyl (C=O) groups is 1. The number of anilines is 2. The largest absolute Gasteiger partial charge is 0.456 e. The van der Waals surface area contributed by atoms with Gasteiger partial charge in [0.05, 0.1) is 17.4 Å². The zero-order valence-electron chi connectivity index (χ0n) is 13.9. The molecular formula is C18H21N3O3. The second kappa shape index (κ2) is 7.40. The highest BCUT2D eigenvalue weighted by molar-refractivity contribution is 5.90. The van der Waals surface area contributed by atoms with E-state index in [-0.39, 0.29) is 18.2 Å². The summed E-state index contributed by atoms with van der Waals surface area (Å²) in [6, 6.07) is 10.9. The van der Waals surface area contributed by atoms with Gasteiger partial charge in [0.2, 0.25) is 0 Å². The molecule has 24 heavy (non-hydrogen) atoms. The van der Waals surface area contributed by atoms with E-state index >= 15 is 0 Å². The van der Waals surface area contributed by atoms with Crippen LogP contribution in [0.4, 0.5) is 11.5 Å². The van der Waals surface area contributed by atoms with Crippen molar-refractivity contribution in [3.8, 4) is 0 Å². The minimum atomic E-state index is -0.331. The first-order valence-electron chi connectivity index (χ1n) is 8.07.